The Balaban J connectivity index is 2.04. The van der Waals surface area contributed by atoms with Crippen molar-refractivity contribution in [2.24, 2.45) is 0 Å². The van der Waals surface area contributed by atoms with Crippen LogP contribution in [0.3, 0.4) is 0 Å². The molecule has 4 heteroatoms. The number of hydrogen-bond donors (Lipinski definition) is 0. The topological polar surface area (TPSA) is 3.24 Å². The minimum atomic E-state index is -0.208. The quantitative estimate of drug-likeness (QED) is 0.755. The second kappa shape index (κ2) is 4.81. The number of rotatable bonds is 2. The van der Waals surface area contributed by atoms with Gasteiger partial charge in [0.15, 0.2) is 0 Å². The molecule has 1 aromatic rings. The summed E-state index contributed by atoms with van der Waals surface area (Å²) in [5.41, 5.74) is 0.723. The first-order valence-electron chi connectivity index (χ1n) is 4.95. The van der Waals surface area contributed by atoms with Crippen LogP contribution in [0.15, 0.2) is 18.2 Å². The summed E-state index contributed by atoms with van der Waals surface area (Å²) in [4.78, 5) is 2.79. The largest absolute Gasteiger partial charge is 0.298 e. The molecule has 0 N–H and O–H groups in total. The summed E-state index contributed by atoms with van der Waals surface area (Å²) in [7, 11) is 0. The Labute approximate surface area is 102 Å². The Morgan fingerprint density at radius 2 is 2.33 bits per heavy atom. The number of benzene rings is 1. The number of likely N-dealkylation sites (tertiary alicyclic amines) is 1. The lowest BCUT2D eigenvalue weighted by molar-refractivity contribution is 0.326. The van der Waals surface area contributed by atoms with E-state index in [0.717, 1.165) is 25.1 Å². The Kier molecular flexibility index (Phi) is 3.65. The molecular formula is C11H12BrClFN. The highest BCUT2D eigenvalue weighted by atomic mass is 79.9. The van der Waals surface area contributed by atoms with Gasteiger partial charge in [0.25, 0.3) is 0 Å². The summed E-state index contributed by atoms with van der Waals surface area (Å²) >= 11 is 9.26. The Hall–Kier alpha value is -0.120. The van der Waals surface area contributed by atoms with Crippen molar-refractivity contribution >= 4 is 27.5 Å². The van der Waals surface area contributed by atoms with Crippen molar-refractivity contribution in [3.8, 4) is 0 Å². The van der Waals surface area contributed by atoms with E-state index in [2.05, 4.69) is 20.8 Å². The Morgan fingerprint density at radius 1 is 1.53 bits per heavy atom. The summed E-state index contributed by atoms with van der Waals surface area (Å²) in [6.07, 6.45) is 1.13. The van der Waals surface area contributed by atoms with Gasteiger partial charge in [-0.3, -0.25) is 4.90 Å². The maximum absolute atomic E-state index is 13.5. The van der Waals surface area contributed by atoms with Crippen LogP contribution in [0.1, 0.15) is 12.0 Å². The molecule has 1 aliphatic heterocycles. The van der Waals surface area contributed by atoms with Crippen LogP contribution in [-0.2, 0) is 6.54 Å². The lowest BCUT2D eigenvalue weighted by Gasteiger charge is -2.15. The highest BCUT2D eigenvalue weighted by molar-refractivity contribution is 9.09. The van der Waals surface area contributed by atoms with Crippen LogP contribution in [0.2, 0.25) is 5.02 Å². The van der Waals surface area contributed by atoms with Gasteiger partial charge in [-0.2, -0.15) is 0 Å². The highest BCUT2D eigenvalue weighted by Crippen LogP contribution is 2.21. The van der Waals surface area contributed by atoms with E-state index < -0.39 is 0 Å². The lowest BCUT2D eigenvalue weighted by atomic mass is 10.2. The molecule has 0 saturated carbocycles. The molecule has 1 aliphatic rings. The van der Waals surface area contributed by atoms with Crippen LogP contribution in [0.25, 0.3) is 0 Å². The van der Waals surface area contributed by atoms with Gasteiger partial charge in [-0.05, 0) is 25.1 Å². The monoisotopic (exact) mass is 291 g/mol. The first kappa shape index (κ1) is 11.4. The van der Waals surface area contributed by atoms with Crippen LogP contribution in [0, 0.1) is 5.82 Å². The van der Waals surface area contributed by atoms with Gasteiger partial charge >= 0.3 is 0 Å². The van der Waals surface area contributed by atoms with Gasteiger partial charge < -0.3 is 0 Å². The number of halogens is 3. The van der Waals surface area contributed by atoms with Gasteiger partial charge in [-0.25, -0.2) is 4.39 Å². The first-order valence-corrected chi connectivity index (χ1v) is 6.25. The van der Waals surface area contributed by atoms with E-state index in [-0.39, 0.29) is 5.82 Å². The summed E-state index contributed by atoms with van der Waals surface area (Å²) in [5.74, 6) is -0.208. The van der Waals surface area contributed by atoms with Crippen molar-refractivity contribution in [3.63, 3.8) is 0 Å². The fraction of sp³-hybridized carbons (Fsp3) is 0.455. The van der Waals surface area contributed by atoms with Crippen molar-refractivity contribution in [3.05, 3.63) is 34.6 Å². The molecule has 15 heavy (non-hydrogen) atoms. The van der Waals surface area contributed by atoms with Crippen LogP contribution < -0.4 is 0 Å². The lowest BCUT2D eigenvalue weighted by Crippen LogP contribution is -2.20. The Bertz CT molecular complexity index is 358. The smallest absolute Gasteiger partial charge is 0.129 e. The summed E-state index contributed by atoms with van der Waals surface area (Å²) < 4.78 is 13.5. The van der Waals surface area contributed by atoms with Gasteiger partial charge in [-0.1, -0.05) is 33.6 Å². The molecule has 0 bridgehead atoms. The molecule has 1 atom stereocenters. The molecule has 1 heterocycles. The number of hydrogen-bond acceptors (Lipinski definition) is 1. The van der Waals surface area contributed by atoms with E-state index in [1.807, 2.05) is 0 Å². The van der Waals surface area contributed by atoms with E-state index in [1.165, 1.54) is 6.07 Å². The zero-order valence-electron chi connectivity index (χ0n) is 8.22. The molecule has 0 radical (unpaired) electrons. The summed E-state index contributed by atoms with van der Waals surface area (Å²) in [6.45, 7) is 2.69. The van der Waals surface area contributed by atoms with Crippen LogP contribution in [0.5, 0.6) is 0 Å². The standard InChI is InChI=1S/C11H12BrClFN/c12-9-3-4-15(7-9)6-8-1-2-10(13)5-11(8)14/h1-2,5,9H,3-4,6-7H2. The predicted octanol–water partition coefficient (Wildman–Crippen LogP) is 3.45. The fourth-order valence-electron chi connectivity index (χ4n) is 1.82. The van der Waals surface area contributed by atoms with Gasteiger partial charge in [0.2, 0.25) is 0 Å². The number of alkyl halides is 1. The van der Waals surface area contributed by atoms with E-state index in [1.54, 1.807) is 12.1 Å². The van der Waals surface area contributed by atoms with Crippen LogP contribution in [0.4, 0.5) is 4.39 Å². The minimum absolute atomic E-state index is 0.208. The van der Waals surface area contributed by atoms with E-state index in [4.69, 9.17) is 11.6 Å². The van der Waals surface area contributed by atoms with Gasteiger partial charge in [0, 0.05) is 28.5 Å². The van der Waals surface area contributed by atoms with Crippen LogP contribution >= 0.6 is 27.5 Å². The van der Waals surface area contributed by atoms with E-state index >= 15 is 0 Å². The Morgan fingerprint density at radius 3 is 2.93 bits per heavy atom. The molecule has 1 saturated heterocycles. The zero-order chi connectivity index (χ0) is 10.8. The highest BCUT2D eigenvalue weighted by Gasteiger charge is 2.20. The molecule has 1 aromatic carbocycles. The molecule has 0 amide bonds. The fourth-order valence-corrected chi connectivity index (χ4v) is 2.59. The third-order valence-corrected chi connectivity index (χ3v) is 3.61. The van der Waals surface area contributed by atoms with Crippen molar-refractivity contribution in [2.75, 3.05) is 13.1 Å². The first-order chi connectivity index (χ1) is 7.15. The molecule has 1 unspecified atom stereocenters. The summed E-state index contributed by atoms with van der Waals surface area (Å²) in [5, 5.41) is 0.455. The second-order valence-electron chi connectivity index (χ2n) is 3.86. The minimum Gasteiger partial charge on any atom is -0.298 e. The predicted molar refractivity (Wildman–Crippen MR) is 64.0 cm³/mol. The molecule has 82 valence electrons. The normalized spacial score (nSPS) is 22.2. The van der Waals surface area contributed by atoms with Crippen molar-refractivity contribution < 1.29 is 4.39 Å². The van der Waals surface area contributed by atoms with Crippen molar-refractivity contribution in [2.45, 2.75) is 17.8 Å². The maximum atomic E-state index is 13.5. The molecule has 2 rings (SSSR count). The average molecular weight is 293 g/mol. The van der Waals surface area contributed by atoms with Gasteiger partial charge in [0.05, 0.1) is 0 Å². The van der Waals surface area contributed by atoms with Crippen molar-refractivity contribution in [1.82, 2.24) is 4.90 Å². The maximum Gasteiger partial charge on any atom is 0.129 e. The molecule has 1 nitrogen and oxygen atoms in total. The molecule has 0 aliphatic carbocycles. The van der Waals surface area contributed by atoms with Gasteiger partial charge in [0.1, 0.15) is 5.82 Å². The van der Waals surface area contributed by atoms with Crippen molar-refractivity contribution in [1.29, 1.82) is 0 Å². The molecule has 0 aromatic heterocycles. The third kappa shape index (κ3) is 2.92. The average Bonchev–Trinajstić information content (AvgIpc) is 2.56. The SMILES string of the molecule is Fc1cc(Cl)ccc1CN1CCC(Br)C1. The van der Waals surface area contributed by atoms with E-state index in [0.29, 0.717) is 16.4 Å². The van der Waals surface area contributed by atoms with E-state index in [9.17, 15) is 4.39 Å². The number of nitrogens with zero attached hydrogens (tertiary/aromatic N) is 1. The molecule has 0 spiro atoms. The van der Waals surface area contributed by atoms with Gasteiger partial charge in [-0.15, -0.1) is 0 Å². The molecular weight excluding hydrogens is 280 g/mol. The second-order valence-corrected chi connectivity index (χ2v) is 5.59. The molecule has 1 fully saturated rings. The zero-order valence-corrected chi connectivity index (χ0v) is 10.6. The third-order valence-electron chi connectivity index (χ3n) is 2.62. The van der Waals surface area contributed by atoms with Crippen LogP contribution in [-0.4, -0.2) is 22.8 Å². The summed E-state index contributed by atoms with van der Waals surface area (Å²) in [6, 6.07) is 4.87.